The highest BCUT2D eigenvalue weighted by Gasteiger charge is 2.15. The molecule has 0 amide bonds. The van der Waals surface area contributed by atoms with Crippen LogP contribution in [0, 0.1) is 0 Å². The van der Waals surface area contributed by atoms with Gasteiger partial charge in [-0.05, 0) is 18.5 Å². The summed E-state index contributed by atoms with van der Waals surface area (Å²) in [5.41, 5.74) is 0.267. The van der Waals surface area contributed by atoms with Crippen LogP contribution in [0.15, 0.2) is 18.9 Å². The maximum absolute atomic E-state index is 11.4. The Bertz CT molecular complexity index is 525. The van der Waals surface area contributed by atoms with Gasteiger partial charge in [0.25, 0.3) is 5.24 Å². The fraction of sp³-hybridized carbons (Fsp3) is 0.0909. The van der Waals surface area contributed by atoms with Gasteiger partial charge in [0.05, 0.1) is 5.56 Å². The van der Waals surface area contributed by atoms with E-state index in [0.29, 0.717) is 5.22 Å². The Balaban J connectivity index is 3.52. The van der Waals surface area contributed by atoms with Gasteiger partial charge in [-0.25, -0.2) is 0 Å². The summed E-state index contributed by atoms with van der Waals surface area (Å²) >= 11 is 5.14. The summed E-state index contributed by atoms with van der Waals surface area (Å²) in [4.78, 5) is 25.0. The lowest BCUT2D eigenvalue weighted by molar-refractivity contribution is -0.108. The van der Waals surface area contributed by atoms with Crippen LogP contribution in [0.3, 0.4) is 0 Å². The lowest BCUT2D eigenvalue weighted by atomic mass is 10.2. The van der Waals surface area contributed by atoms with E-state index in [1.165, 1.54) is 6.20 Å². The number of aromatic nitrogens is 1. The minimum Gasteiger partial charge on any atom is -0.361 e. The number of hydrogen-bond donors (Lipinski definition) is 1. The lowest BCUT2D eigenvalue weighted by Gasteiger charge is -1.88. The number of halogens is 1. The van der Waals surface area contributed by atoms with E-state index >= 15 is 0 Å². The molecule has 0 spiro atoms. The molecule has 1 aromatic rings. The van der Waals surface area contributed by atoms with Gasteiger partial charge in [0, 0.05) is 16.8 Å². The van der Waals surface area contributed by atoms with Crippen LogP contribution in [-0.2, 0) is 4.79 Å². The monoisotopic (exact) mass is 223 g/mol. The zero-order valence-corrected chi connectivity index (χ0v) is 8.97. The van der Waals surface area contributed by atoms with Gasteiger partial charge in [-0.1, -0.05) is 24.8 Å². The first kappa shape index (κ1) is 11.5. The van der Waals surface area contributed by atoms with Crippen LogP contribution in [0.2, 0.25) is 0 Å². The zero-order valence-electron chi connectivity index (χ0n) is 8.21. The van der Waals surface area contributed by atoms with E-state index in [0.717, 1.165) is 5.35 Å². The first-order chi connectivity index (χ1) is 7.11. The first-order valence-electron chi connectivity index (χ1n) is 4.32. The predicted octanol–water partition coefficient (Wildman–Crippen LogP) is 0.730. The average molecular weight is 224 g/mol. The van der Waals surface area contributed by atoms with E-state index in [4.69, 9.17) is 11.6 Å². The molecule has 0 aliphatic heterocycles. The van der Waals surface area contributed by atoms with Gasteiger partial charge in [-0.3, -0.25) is 9.59 Å². The molecule has 0 fully saturated rings. The molecule has 0 saturated carbocycles. The van der Waals surface area contributed by atoms with Crippen LogP contribution < -0.4 is 10.6 Å². The molecule has 78 valence electrons. The summed E-state index contributed by atoms with van der Waals surface area (Å²) in [6.45, 7) is 5.37. The van der Waals surface area contributed by atoms with Crippen molar-refractivity contribution in [1.29, 1.82) is 0 Å². The highest BCUT2D eigenvalue weighted by atomic mass is 35.5. The van der Waals surface area contributed by atoms with Crippen molar-refractivity contribution in [1.82, 2.24) is 4.98 Å². The van der Waals surface area contributed by atoms with Gasteiger partial charge < -0.3 is 4.98 Å². The second kappa shape index (κ2) is 4.75. The molecule has 0 aliphatic carbocycles. The van der Waals surface area contributed by atoms with Crippen molar-refractivity contribution >= 4 is 34.8 Å². The molecule has 3 nitrogen and oxygen atoms in total. The standard InChI is InChI=1S/C11H10ClNO2/c1-3-5-7-8(10(14)11(12)15)6-13-9(7)4-2/h3-6,13H,1H2,2H3/b7-5-,9-4+. The van der Waals surface area contributed by atoms with Gasteiger partial charge in [0.15, 0.2) is 0 Å². The molecule has 1 rings (SSSR count). The molecule has 0 radical (unpaired) electrons. The smallest absolute Gasteiger partial charge is 0.293 e. The van der Waals surface area contributed by atoms with Crippen molar-refractivity contribution in [3.8, 4) is 0 Å². The summed E-state index contributed by atoms with van der Waals surface area (Å²) in [6, 6.07) is 0. The normalized spacial score (nSPS) is 12.9. The average Bonchev–Trinajstić information content (AvgIpc) is 2.60. The number of H-pyrrole nitrogens is 1. The Morgan fingerprint density at radius 2 is 2.20 bits per heavy atom. The summed E-state index contributed by atoms with van der Waals surface area (Å²) in [5.74, 6) is -0.714. The van der Waals surface area contributed by atoms with E-state index < -0.39 is 11.0 Å². The molecule has 0 aliphatic rings. The van der Waals surface area contributed by atoms with Crippen molar-refractivity contribution in [2.45, 2.75) is 6.92 Å². The van der Waals surface area contributed by atoms with Gasteiger partial charge >= 0.3 is 0 Å². The number of ketones is 1. The molecule has 4 heteroatoms. The molecule has 0 atom stereocenters. The summed E-state index contributed by atoms with van der Waals surface area (Å²) in [6.07, 6.45) is 6.46. The molecule has 1 N–H and O–H groups in total. The van der Waals surface area contributed by atoms with Gasteiger partial charge in [0.2, 0.25) is 5.78 Å². The van der Waals surface area contributed by atoms with E-state index in [9.17, 15) is 9.59 Å². The quantitative estimate of drug-likeness (QED) is 0.467. The van der Waals surface area contributed by atoms with Crippen LogP contribution in [0.5, 0.6) is 0 Å². The largest absolute Gasteiger partial charge is 0.361 e. The van der Waals surface area contributed by atoms with Crippen LogP contribution in [0.4, 0.5) is 0 Å². The molecule has 15 heavy (non-hydrogen) atoms. The lowest BCUT2D eigenvalue weighted by Crippen LogP contribution is -2.27. The van der Waals surface area contributed by atoms with E-state index in [1.807, 2.05) is 6.92 Å². The molecule has 0 aromatic carbocycles. The molecular formula is C11H10ClNO2. The molecule has 0 saturated heterocycles. The van der Waals surface area contributed by atoms with E-state index in [-0.39, 0.29) is 5.56 Å². The van der Waals surface area contributed by atoms with Crippen LogP contribution >= 0.6 is 11.6 Å². The van der Waals surface area contributed by atoms with Gasteiger partial charge in [0.1, 0.15) is 0 Å². The fourth-order valence-corrected chi connectivity index (χ4v) is 1.38. The number of carbonyl (C=O) groups is 2. The predicted molar refractivity (Wildman–Crippen MR) is 60.0 cm³/mol. The fourth-order valence-electron chi connectivity index (χ4n) is 1.28. The molecule has 1 aromatic heterocycles. The Hall–Kier alpha value is -1.61. The maximum atomic E-state index is 11.4. The van der Waals surface area contributed by atoms with Gasteiger partial charge in [-0.15, -0.1) is 0 Å². The topological polar surface area (TPSA) is 49.9 Å². The maximum Gasteiger partial charge on any atom is 0.293 e. The summed E-state index contributed by atoms with van der Waals surface area (Å²) in [5, 5.41) is 0.401. The molecule has 0 unspecified atom stereocenters. The van der Waals surface area contributed by atoms with Crippen LogP contribution in [-0.4, -0.2) is 16.0 Å². The van der Waals surface area contributed by atoms with Crippen molar-refractivity contribution in [3.05, 3.63) is 35.0 Å². The van der Waals surface area contributed by atoms with Crippen molar-refractivity contribution in [2.75, 3.05) is 0 Å². The highest BCUT2D eigenvalue weighted by molar-refractivity contribution is 6.83. The Morgan fingerprint density at radius 1 is 1.53 bits per heavy atom. The SMILES string of the molecule is C=C/C=c1/c(C(=O)C(=O)Cl)c[nH]/c1=C/C. The number of carbonyl (C=O) groups excluding carboxylic acids is 2. The summed E-state index contributed by atoms with van der Waals surface area (Å²) in [7, 11) is 0. The second-order valence-corrected chi connectivity index (χ2v) is 3.17. The summed E-state index contributed by atoms with van der Waals surface area (Å²) < 4.78 is 0. The third-order valence-corrected chi connectivity index (χ3v) is 2.12. The number of Topliss-reactive ketones (excluding diaryl/α,β-unsaturated/α-hetero) is 1. The minimum absolute atomic E-state index is 0.267. The van der Waals surface area contributed by atoms with Crippen LogP contribution in [0.25, 0.3) is 12.2 Å². The molecule has 1 heterocycles. The van der Waals surface area contributed by atoms with Gasteiger partial charge in [-0.2, -0.15) is 0 Å². The van der Waals surface area contributed by atoms with Crippen molar-refractivity contribution in [2.24, 2.45) is 0 Å². The zero-order chi connectivity index (χ0) is 11.4. The third kappa shape index (κ3) is 2.25. The molecule has 0 bridgehead atoms. The van der Waals surface area contributed by atoms with E-state index in [1.54, 1.807) is 18.2 Å². The Labute approximate surface area is 91.8 Å². The second-order valence-electron chi connectivity index (χ2n) is 2.82. The Morgan fingerprint density at radius 3 is 2.67 bits per heavy atom. The van der Waals surface area contributed by atoms with Crippen LogP contribution in [0.1, 0.15) is 17.3 Å². The Kier molecular flexibility index (Phi) is 3.63. The number of hydrogen-bond acceptors (Lipinski definition) is 2. The molecular weight excluding hydrogens is 214 g/mol. The number of rotatable bonds is 3. The third-order valence-electron chi connectivity index (χ3n) is 1.95. The number of aromatic amines is 1. The number of allylic oxidation sites excluding steroid dienone is 1. The van der Waals surface area contributed by atoms with Crippen molar-refractivity contribution < 1.29 is 9.59 Å². The van der Waals surface area contributed by atoms with Crippen molar-refractivity contribution in [3.63, 3.8) is 0 Å². The minimum atomic E-state index is -0.990. The first-order valence-corrected chi connectivity index (χ1v) is 4.70. The van der Waals surface area contributed by atoms with E-state index in [2.05, 4.69) is 11.6 Å². The number of nitrogens with one attached hydrogen (secondary N) is 1. The highest BCUT2D eigenvalue weighted by Crippen LogP contribution is 1.94.